The second-order valence-electron chi connectivity index (χ2n) is 4.35. The Morgan fingerprint density at radius 3 is 3.10 bits per heavy atom. The molecular weight excluding hydrogens is 258 g/mol. The SMILES string of the molecule is Cc1ccn2c(C(=O)NCCc3ccco3)nnc2n1. The van der Waals surface area contributed by atoms with Gasteiger partial charge in [-0.25, -0.2) is 4.98 Å². The van der Waals surface area contributed by atoms with Gasteiger partial charge in [0.2, 0.25) is 5.82 Å². The largest absolute Gasteiger partial charge is 0.469 e. The fraction of sp³-hybridized carbons (Fsp3) is 0.231. The molecule has 1 amide bonds. The first kappa shape index (κ1) is 12.3. The minimum atomic E-state index is -0.283. The van der Waals surface area contributed by atoms with E-state index < -0.39 is 0 Å². The van der Waals surface area contributed by atoms with Crippen molar-refractivity contribution in [1.29, 1.82) is 0 Å². The molecule has 3 rings (SSSR count). The van der Waals surface area contributed by atoms with E-state index in [1.54, 1.807) is 22.9 Å². The predicted octanol–water partition coefficient (Wildman–Crippen LogP) is 0.998. The molecule has 1 N–H and O–H groups in total. The highest BCUT2D eigenvalue weighted by Gasteiger charge is 2.14. The lowest BCUT2D eigenvalue weighted by Gasteiger charge is -2.02. The van der Waals surface area contributed by atoms with E-state index in [1.807, 2.05) is 19.1 Å². The van der Waals surface area contributed by atoms with Crippen molar-refractivity contribution in [3.05, 3.63) is 47.9 Å². The standard InChI is InChI=1S/C13H13N5O2/c1-9-5-7-18-11(16-17-13(18)15-9)12(19)14-6-4-10-3-2-8-20-10/h2-3,5,7-8H,4,6H2,1H3,(H,14,19). The number of fused-ring (bicyclic) bond motifs is 1. The molecular formula is C13H13N5O2. The van der Waals surface area contributed by atoms with E-state index >= 15 is 0 Å². The molecule has 0 aliphatic heterocycles. The van der Waals surface area contributed by atoms with Crippen molar-refractivity contribution in [1.82, 2.24) is 24.9 Å². The first-order valence-corrected chi connectivity index (χ1v) is 6.23. The Labute approximate surface area is 114 Å². The second kappa shape index (κ2) is 5.12. The van der Waals surface area contributed by atoms with Crippen molar-refractivity contribution in [3.8, 4) is 0 Å². The molecule has 7 heteroatoms. The summed E-state index contributed by atoms with van der Waals surface area (Å²) in [5, 5.41) is 10.5. The first-order valence-electron chi connectivity index (χ1n) is 6.23. The molecule has 0 aliphatic rings. The first-order chi connectivity index (χ1) is 9.74. The number of aryl methyl sites for hydroxylation is 1. The average Bonchev–Trinajstić information content (AvgIpc) is 3.07. The number of amides is 1. The summed E-state index contributed by atoms with van der Waals surface area (Å²) in [4.78, 5) is 16.2. The van der Waals surface area contributed by atoms with Crippen molar-refractivity contribution in [3.63, 3.8) is 0 Å². The van der Waals surface area contributed by atoms with Gasteiger partial charge in [0, 0.05) is 24.9 Å². The van der Waals surface area contributed by atoms with E-state index in [-0.39, 0.29) is 11.7 Å². The highest BCUT2D eigenvalue weighted by Crippen LogP contribution is 2.03. The van der Waals surface area contributed by atoms with Gasteiger partial charge >= 0.3 is 0 Å². The lowest BCUT2D eigenvalue weighted by molar-refractivity contribution is 0.0942. The average molecular weight is 271 g/mol. The number of rotatable bonds is 4. The van der Waals surface area contributed by atoms with Gasteiger partial charge < -0.3 is 9.73 Å². The normalized spacial score (nSPS) is 10.8. The Balaban J connectivity index is 1.69. The maximum Gasteiger partial charge on any atom is 0.289 e. The topological polar surface area (TPSA) is 85.3 Å². The molecule has 0 atom stereocenters. The molecule has 0 fully saturated rings. The molecule has 0 spiro atoms. The molecule has 0 bridgehead atoms. The Kier molecular flexibility index (Phi) is 3.16. The Bertz CT molecular complexity index is 732. The van der Waals surface area contributed by atoms with Crippen LogP contribution >= 0.6 is 0 Å². The molecule has 0 radical (unpaired) electrons. The zero-order valence-corrected chi connectivity index (χ0v) is 10.9. The fourth-order valence-corrected chi connectivity index (χ4v) is 1.86. The minimum absolute atomic E-state index is 0.229. The van der Waals surface area contributed by atoms with E-state index in [2.05, 4.69) is 20.5 Å². The van der Waals surface area contributed by atoms with Crippen LogP contribution in [0.4, 0.5) is 0 Å². The van der Waals surface area contributed by atoms with Gasteiger partial charge in [-0.15, -0.1) is 10.2 Å². The summed E-state index contributed by atoms with van der Waals surface area (Å²) < 4.78 is 6.76. The molecule has 20 heavy (non-hydrogen) atoms. The van der Waals surface area contributed by atoms with Gasteiger partial charge in [0.1, 0.15) is 5.76 Å². The highest BCUT2D eigenvalue weighted by molar-refractivity contribution is 5.91. The van der Waals surface area contributed by atoms with Crippen molar-refractivity contribution >= 4 is 11.7 Å². The summed E-state index contributed by atoms with van der Waals surface area (Å²) in [5.41, 5.74) is 0.828. The maximum absolute atomic E-state index is 12.0. The monoisotopic (exact) mass is 271 g/mol. The van der Waals surface area contributed by atoms with Crippen LogP contribution in [-0.2, 0) is 6.42 Å². The quantitative estimate of drug-likeness (QED) is 0.765. The molecule has 7 nitrogen and oxygen atoms in total. The maximum atomic E-state index is 12.0. The zero-order valence-electron chi connectivity index (χ0n) is 10.9. The van der Waals surface area contributed by atoms with Crippen LogP contribution in [0.15, 0.2) is 35.1 Å². The third-order valence-electron chi connectivity index (χ3n) is 2.86. The van der Waals surface area contributed by atoms with Crippen LogP contribution in [0, 0.1) is 6.92 Å². The van der Waals surface area contributed by atoms with Crippen LogP contribution in [0.2, 0.25) is 0 Å². The molecule has 0 saturated heterocycles. The third-order valence-corrected chi connectivity index (χ3v) is 2.86. The molecule has 0 aromatic carbocycles. The molecule has 0 aliphatic carbocycles. The summed E-state index contributed by atoms with van der Waals surface area (Å²) in [6, 6.07) is 5.48. The summed E-state index contributed by atoms with van der Waals surface area (Å²) >= 11 is 0. The number of aromatic nitrogens is 4. The molecule has 0 saturated carbocycles. The summed E-state index contributed by atoms with van der Waals surface area (Å²) in [6.07, 6.45) is 3.98. The highest BCUT2D eigenvalue weighted by atomic mass is 16.3. The summed E-state index contributed by atoms with van der Waals surface area (Å²) in [6.45, 7) is 2.33. The van der Waals surface area contributed by atoms with Crippen molar-refractivity contribution in [2.24, 2.45) is 0 Å². The van der Waals surface area contributed by atoms with Crippen molar-refractivity contribution in [2.75, 3.05) is 6.54 Å². The van der Waals surface area contributed by atoms with Crippen LogP contribution in [0.5, 0.6) is 0 Å². The van der Waals surface area contributed by atoms with Gasteiger partial charge in [-0.3, -0.25) is 9.20 Å². The van der Waals surface area contributed by atoms with Gasteiger partial charge in [0.05, 0.1) is 6.26 Å². The minimum Gasteiger partial charge on any atom is -0.469 e. The Morgan fingerprint density at radius 1 is 1.40 bits per heavy atom. The number of furan rings is 1. The number of nitrogens with zero attached hydrogens (tertiary/aromatic N) is 4. The molecule has 3 aromatic rings. The predicted molar refractivity (Wildman–Crippen MR) is 70.3 cm³/mol. The third kappa shape index (κ3) is 2.37. The smallest absolute Gasteiger partial charge is 0.289 e. The zero-order chi connectivity index (χ0) is 13.9. The molecule has 102 valence electrons. The van der Waals surface area contributed by atoms with Gasteiger partial charge in [-0.1, -0.05) is 0 Å². The number of carbonyl (C=O) groups is 1. The van der Waals surface area contributed by atoms with Crippen LogP contribution in [-0.4, -0.2) is 32.0 Å². The van der Waals surface area contributed by atoms with Gasteiger partial charge in [-0.05, 0) is 25.1 Å². The molecule has 0 unspecified atom stereocenters. The lowest BCUT2D eigenvalue weighted by atomic mass is 10.3. The van der Waals surface area contributed by atoms with Crippen LogP contribution in [0.1, 0.15) is 22.1 Å². The Hall–Kier alpha value is -2.70. The van der Waals surface area contributed by atoms with Gasteiger partial charge in [0.25, 0.3) is 11.7 Å². The van der Waals surface area contributed by atoms with Gasteiger partial charge in [0.15, 0.2) is 0 Å². The van der Waals surface area contributed by atoms with Gasteiger partial charge in [-0.2, -0.15) is 0 Å². The fourth-order valence-electron chi connectivity index (χ4n) is 1.86. The van der Waals surface area contributed by atoms with E-state index in [1.165, 1.54) is 0 Å². The molecule has 3 aromatic heterocycles. The van der Waals surface area contributed by atoms with Crippen molar-refractivity contribution < 1.29 is 9.21 Å². The van der Waals surface area contributed by atoms with E-state index in [9.17, 15) is 4.79 Å². The number of hydrogen-bond donors (Lipinski definition) is 1. The second-order valence-corrected chi connectivity index (χ2v) is 4.35. The molecule has 3 heterocycles. The number of hydrogen-bond acceptors (Lipinski definition) is 5. The van der Waals surface area contributed by atoms with E-state index in [0.29, 0.717) is 18.7 Å². The van der Waals surface area contributed by atoms with Crippen LogP contribution in [0.25, 0.3) is 5.78 Å². The Morgan fingerprint density at radius 2 is 2.30 bits per heavy atom. The lowest BCUT2D eigenvalue weighted by Crippen LogP contribution is -2.27. The van der Waals surface area contributed by atoms with Crippen molar-refractivity contribution in [2.45, 2.75) is 13.3 Å². The number of nitrogens with one attached hydrogen (secondary N) is 1. The van der Waals surface area contributed by atoms with Crippen LogP contribution < -0.4 is 5.32 Å². The summed E-state index contributed by atoms with van der Waals surface area (Å²) in [7, 11) is 0. The van der Waals surface area contributed by atoms with Crippen LogP contribution in [0.3, 0.4) is 0 Å². The number of carbonyl (C=O) groups excluding carboxylic acids is 1. The van der Waals surface area contributed by atoms with E-state index in [4.69, 9.17) is 4.42 Å². The van der Waals surface area contributed by atoms with E-state index in [0.717, 1.165) is 11.5 Å². The summed E-state index contributed by atoms with van der Waals surface area (Å²) in [5.74, 6) is 1.19.